The number of ether oxygens (including phenoxy) is 2. The summed E-state index contributed by atoms with van der Waals surface area (Å²) in [5.74, 6) is 1.18. The van der Waals surface area contributed by atoms with Crippen molar-refractivity contribution in [3.8, 4) is 11.5 Å². The van der Waals surface area contributed by atoms with Crippen molar-refractivity contribution >= 4 is 12.0 Å². The van der Waals surface area contributed by atoms with E-state index in [2.05, 4.69) is 17.4 Å². The lowest BCUT2D eigenvalue weighted by atomic mass is 10.1. The molecule has 0 aromatic heterocycles. The molecule has 0 saturated heterocycles. The minimum absolute atomic E-state index is 0.0648. The van der Waals surface area contributed by atoms with Crippen LogP contribution >= 0.6 is 0 Å². The molecule has 1 amide bonds. The average molecular weight is 325 g/mol. The van der Waals surface area contributed by atoms with E-state index in [4.69, 9.17) is 9.47 Å². The normalized spacial score (nSPS) is 12.0. The Morgan fingerprint density at radius 2 is 1.79 bits per heavy atom. The lowest BCUT2D eigenvalue weighted by Crippen LogP contribution is -2.32. The maximum Gasteiger partial charge on any atom is 0.244 e. The Hall–Kier alpha value is -2.75. The van der Waals surface area contributed by atoms with Crippen LogP contribution in [0.2, 0.25) is 0 Å². The van der Waals surface area contributed by atoms with Gasteiger partial charge in [-0.2, -0.15) is 0 Å². The number of hydrogen-bond acceptors (Lipinski definition) is 3. The van der Waals surface area contributed by atoms with Gasteiger partial charge in [-0.05, 0) is 42.7 Å². The average Bonchev–Trinajstić information content (AvgIpc) is 2.60. The summed E-state index contributed by atoms with van der Waals surface area (Å²) in [6.45, 7) is 2.00. The molecule has 0 aliphatic heterocycles. The Bertz CT molecular complexity index is 695. The number of hydrogen-bond donors (Lipinski definition) is 1. The van der Waals surface area contributed by atoms with Gasteiger partial charge in [0, 0.05) is 12.1 Å². The molecule has 0 aliphatic rings. The summed E-state index contributed by atoms with van der Waals surface area (Å²) in [5, 5.41) is 2.97. The van der Waals surface area contributed by atoms with Gasteiger partial charge in [-0.3, -0.25) is 4.79 Å². The van der Waals surface area contributed by atoms with Crippen LogP contribution in [0.3, 0.4) is 0 Å². The molecular weight excluding hydrogens is 302 g/mol. The molecule has 1 atom stereocenters. The van der Waals surface area contributed by atoms with Gasteiger partial charge >= 0.3 is 0 Å². The van der Waals surface area contributed by atoms with Crippen LogP contribution in [-0.4, -0.2) is 26.2 Å². The van der Waals surface area contributed by atoms with Crippen LogP contribution in [0.25, 0.3) is 6.08 Å². The fourth-order valence-electron chi connectivity index (χ4n) is 2.44. The van der Waals surface area contributed by atoms with Gasteiger partial charge in [0.1, 0.15) is 0 Å². The number of methoxy groups -OCH3 is 2. The van der Waals surface area contributed by atoms with Gasteiger partial charge in [0.05, 0.1) is 14.2 Å². The lowest BCUT2D eigenvalue weighted by Gasteiger charge is -2.12. The molecule has 0 bridgehead atoms. The molecule has 2 aromatic rings. The van der Waals surface area contributed by atoms with E-state index in [1.807, 2.05) is 43.3 Å². The van der Waals surface area contributed by atoms with Crippen molar-refractivity contribution in [3.63, 3.8) is 0 Å². The summed E-state index contributed by atoms with van der Waals surface area (Å²) in [7, 11) is 3.18. The third kappa shape index (κ3) is 5.16. The van der Waals surface area contributed by atoms with Crippen LogP contribution in [0.4, 0.5) is 0 Å². The quantitative estimate of drug-likeness (QED) is 0.793. The highest BCUT2D eigenvalue weighted by atomic mass is 16.5. The third-order valence-electron chi connectivity index (χ3n) is 3.61. The van der Waals surface area contributed by atoms with E-state index in [1.54, 1.807) is 20.3 Å². The van der Waals surface area contributed by atoms with Gasteiger partial charge in [0.15, 0.2) is 11.5 Å². The van der Waals surface area contributed by atoms with Crippen molar-refractivity contribution in [2.45, 2.75) is 19.4 Å². The SMILES string of the molecule is COc1ccc(C=CC(=O)N[C@@H](C)Cc2ccccc2)cc1OC. The predicted molar refractivity (Wildman–Crippen MR) is 96.3 cm³/mol. The van der Waals surface area contributed by atoms with Crippen LogP contribution in [0.1, 0.15) is 18.1 Å². The number of carbonyl (C=O) groups excluding carboxylic acids is 1. The Labute approximate surface area is 143 Å². The number of rotatable bonds is 7. The van der Waals surface area contributed by atoms with Crippen molar-refractivity contribution in [2.24, 2.45) is 0 Å². The van der Waals surface area contributed by atoms with Gasteiger partial charge in [-0.25, -0.2) is 0 Å². The van der Waals surface area contributed by atoms with Crippen molar-refractivity contribution < 1.29 is 14.3 Å². The molecule has 0 unspecified atom stereocenters. The third-order valence-corrected chi connectivity index (χ3v) is 3.61. The monoisotopic (exact) mass is 325 g/mol. The van der Waals surface area contributed by atoms with E-state index < -0.39 is 0 Å². The molecular formula is C20H23NO3. The standard InChI is InChI=1S/C20H23NO3/c1-15(13-16-7-5-4-6-8-16)21-20(22)12-10-17-9-11-18(23-2)19(14-17)24-3/h4-12,14-15H,13H2,1-3H3,(H,21,22)/t15-/m0/s1. The number of nitrogens with one attached hydrogen (secondary N) is 1. The van der Waals surface area contributed by atoms with E-state index in [-0.39, 0.29) is 11.9 Å². The van der Waals surface area contributed by atoms with Gasteiger partial charge < -0.3 is 14.8 Å². The Morgan fingerprint density at radius 1 is 1.08 bits per heavy atom. The first kappa shape index (κ1) is 17.6. The molecule has 0 fully saturated rings. The molecule has 0 spiro atoms. The minimum atomic E-state index is -0.117. The molecule has 0 radical (unpaired) electrons. The molecule has 0 saturated carbocycles. The van der Waals surface area contributed by atoms with Crippen LogP contribution in [0, 0.1) is 0 Å². The summed E-state index contributed by atoms with van der Waals surface area (Å²) < 4.78 is 10.5. The predicted octanol–water partition coefficient (Wildman–Crippen LogP) is 3.46. The van der Waals surface area contributed by atoms with Crippen LogP contribution in [-0.2, 0) is 11.2 Å². The second-order valence-electron chi connectivity index (χ2n) is 5.55. The Kier molecular flexibility index (Phi) is 6.43. The first-order valence-corrected chi connectivity index (χ1v) is 7.87. The zero-order chi connectivity index (χ0) is 17.4. The van der Waals surface area contributed by atoms with Crippen molar-refractivity contribution in [1.82, 2.24) is 5.32 Å². The van der Waals surface area contributed by atoms with Gasteiger partial charge in [-0.1, -0.05) is 36.4 Å². The maximum absolute atomic E-state index is 12.0. The summed E-state index contributed by atoms with van der Waals surface area (Å²) in [6, 6.07) is 15.7. The van der Waals surface area contributed by atoms with Crippen LogP contribution < -0.4 is 14.8 Å². The fraction of sp³-hybridized carbons (Fsp3) is 0.250. The second kappa shape index (κ2) is 8.77. The molecule has 2 rings (SSSR count). The first-order valence-electron chi connectivity index (χ1n) is 7.87. The Morgan fingerprint density at radius 3 is 2.46 bits per heavy atom. The van der Waals surface area contributed by atoms with E-state index >= 15 is 0 Å². The summed E-state index contributed by atoms with van der Waals surface area (Å²) in [6.07, 6.45) is 4.09. The minimum Gasteiger partial charge on any atom is -0.493 e. The largest absolute Gasteiger partial charge is 0.493 e. The highest BCUT2D eigenvalue weighted by molar-refractivity contribution is 5.92. The summed E-state index contributed by atoms with van der Waals surface area (Å²) >= 11 is 0. The van der Waals surface area contributed by atoms with Crippen LogP contribution in [0.5, 0.6) is 11.5 Å². The maximum atomic E-state index is 12.0. The number of amides is 1. The molecule has 1 N–H and O–H groups in total. The zero-order valence-corrected chi connectivity index (χ0v) is 14.3. The second-order valence-corrected chi connectivity index (χ2v) is 5.55. The first-order chi connectivity index (χ1) is 11.6. The fourth-order valence-corrected chi connectivity index (χ4v) is 2.44. The van der Waals surface area contributed by atoms with Gasteiger partial charge in [-0.15, -0.1) is 0 Å². The molecule has 24 heavy (non-hydrogen) atoms. The molecule has 0 aliphatic carbocycles. The zero-order valence-electron chi connectivity index (χ0n) is 14.3. The highest BCUT2D eigenvalue weighted by Gasteiger charge is 2.06. The van der Waals surface area contributed by atoms with Crippen molar-refractivity contribution in [1.29, 1.82) is 0 Å². The number of carbonyl (C=O) groups is 1. The van der Waals surface area contributed by atoms with Crippen molar-refractivity contribution in [3.05, 3.63) is 65.7 Å². The molecule has 126 valence electrons. The van der Waals surface area contributed by atoms with E-state index in [9.17, 15) is 4.79 Å². The van der Waals surface area contributed by atoms with Gasteiger partial charge in [0.25, 0.3) is 0 Å². The highest BCUT2D eigenvalue weighted by Crippen LogP contribution is 2.27. The van der Waals surface area contributed by atoms with Crippen molar-refractivity contribution in [2.75, 3.05) is 14.2 Å². The van der Waals surface area contributed by atoms with E-state index in [0.717, 1.165) is 12.0 Å². The molecule has 2 aromatic carbocycles. The van der Waals surface area contributed by atoms with Gasteiger partial charge in [0.2, 0.25) is 5.91 Å². The van der Waals surface area contributed by atoms with Crippen LogP contribution in [0.15, 0.2) is 54.6 Å². The summed E-state index contributed by atoms with van der Waals surface area (Å²) in [5.41, 5.74) is 2.08. The van der Waals surface area contributed by atoms with E-state index in [0.29, 0.717) is 11.5 Å². The lowest BCUT2D eigenvalue weighted by molar-refractivity contribution is -0.117. The number of benzene rings is 2. The smallest absolute Gasteiger partial charge is 0.244 e. The Balaban J connectivity index is 1.92. The molecule has 4 nitrogen and oxygen atoms in total. The summed E-state index contributed by atoms with van der Waals surface area (Å²) in [4.78, 5) is 12.0. The molecule has 4 heteroatoms. The topological polar surface area (TPSA) is 47.6 Å². The molecule has 0 heterocycles. The van der Waals surface area contributed by atoms with E-state index in [1.165, 1.54) is 11.6 Å².